The number of ether oxygens (including phenoxy) is 4. The van der Waals surface area contributed by atoms with E-state index in [-0.39, 0.29) is 28.2 Å². The van der Waals surface area contributed by atoms with Crippen LogP contribution in [0, 0.1) is 0 Å². The van der Waals surface area contributed by atoms with Crippen LogP contribution in [0.5, 0.6) is 17.2 Å². The van der Waals surface area contributed by atoms with E-state index in [1.54, 1.807) is 0 Å². The van der Waals surface area contributed by atoms with E-state index >= 15 is 0 Å². The highest BCUT2D eigenvalue weighted by Gasteiger charge is 2.53. The normalized spacial score (nSPS) is 32.4. The topological polar surface area (TPSA) is 229 Å². The zero-order valence-corrected chi connectivity index (χ0v) is 20.7. The van der Waals surface area contributed by atoms with Crippen molar-refractivity contribution in [2.75, 3.05) is 19.8 Å². The van der Waals surface area contributed by atoms with Gasteiger partial charge >= 0.3 is 0 Å². The lowest BCUT2D eigenvalue weighted by atomic mass is 9.98. The molecular weight excluding hydrogens is 536 g/mol. The fourth-order valence-corrected chi connectivity index (χ4v) is 4.57. The third-order valence-electron chi connectivity index (χ3n) is 6.88. The van der Waals surface area contributed by atoms with Gasteiger partial charge in [0, 0.05) is 23.8 Å². The number of hydrogen-bond donors (Lipinski definition) is 8. The average molecular weight is 564 g/mol. The Hall–Kier alpha value is -3.31. The molecule has 3 heterocycles. The minimum atomic E-state index is -2.04. The number of phenolic OH excluding ortho intramolecular Hbond substituents is 2. The summed E-state index contributed by atoms with van der Waals surface area (Å²) >= 11 is 0. The molecule has 5 unspecified atom stereocenters. The van der Waals surface area contributed by atoms with Crippen molar-refractivity contribution in [3.05, 3.63) is 52.7 Å². The van der Waals surface area contributed by atoms with Crippen LogP contribution in [0.2, 0.25) is 0 Å². The number of rotatable bonds is 7. The molecule has 0 saturated carbocycles. The summed E-state index contributed by atoms with van der Waals surface area (Å²) in [6.07, 6.45) is -11.2. The Morgan fingerprint density at radius 2 is 1.70 bits per heavy atom. The van der Waals surface area contributed by atoms with Crippen molar-refractivity contribution in [2.24, 2.45) is 0 Å². The first-order valence-electron chi connectivity index (χ1n) is 12.2. The van der Waals surface area contributed by atoms with E-state index in [1.807, 2.05) is 0 Å². The largest absolute Gasteiger partial charge is 0.508 e. The van der Waals surface area contributed by atoms with E-state index in [4.69, 9.17) is 23.4 Å². The molecule has 0 amide bonds. The highest BCUT2D eigenvalue weighted by molar-refractivity contribution is 5.86. The van der Waals surface area contributed by atoms with E-state index < -0.39 is 79.7 Å². The molecule has 0 aliphatic carbocycles. The molecule has 8 atom stereocenters. The zero-order valence-electron chi connectivity index (χ0n) is 20.7. The number of aliphatic hydroxyl groups excluding tert-OH is 5. The minimum absolute atomic E-state index is 0.00882. The van der Waals surface area contributed by atoms with E-state index in [1.165, 1.54) is 36.4 Å². The molecule has 2 aliphatic rings. The quantitative estimate of drug-likeness (QED) is 0.164. The van der Waals surface area contributed by atoms with E-state index in [0.717, 1.165) is 6.07 Å². The monoisotopic (exact) mass is 564 g/mol. The summed E-state index contributed by atoms with van der Waals surface area (Å²) in [7, 11) is 0. The van der Waals surface area contributed by atoms with Gasteiger partial charge in [0.15, 0.2) is 17.8 Å². The Morgan fingerprint density at radius 3 is 2.35 bits per heavy atom. The van der Waals surface area contributed by atoms with Crippen LogP contribution >= 0.6 is 0 Å². The standard InChI is InChI=1S/C26H28O14/c27-8-18-20(32)21(33)22(40-25-23(34)26(35,9-28)10-36-25)24(39-18)37-13-5-14(30)19-15(31)7-16(38-17(19)6-13)11-1-3-12(29)4-2-11/h1-7,18,20-25,27-30,32-35H,8-10H2/t18?,20-,21?,22?,23?,24+,25-,26?/m0/s1. The number of hydrogen-bond acceptors (Lipinski definition) is 14. The Morgan fingerprint density at radius 1 is 0.975 bits per heavy atom. The smallest absolute Gasteiger partial charge is 0.229 e. The van der Waals surface area contributed by atoms with Crippen LogP contribution in [0.3, 0.4) is 0 Å². The van der Waals surface area contributed by atoms with Crippen LogP contribution in [0.1, 0.15) is 0 Å². The van der Waals surface area contributed by atoms with Gasteiger partial charge in [0.2, 0.25) is 6.29 Å². The van der Waals surface area contributed by atoms with Crippen LogP contribution in [0.4, 0.5) is 0 Å². The maximum atomic E-state index is 12.8. The van der Waals surface area contributed by atoms with E-state index in [0.29, 0.717) is 5.56 Å². The van der Waals surface area contributed by atoms with E-state index in [2.05, 4.69) is 0 Å². The van der Waals surface area contributed by atoms with Crippen LogP contribution < -0.4 is 10.2 Å². The number of fused-ring (bicyclic) bond motifs is 1. The summed E-state index contributed by atoms with van der Waals surface area (Å²) in [5, 5.41) is 80.7. The second-order valence-electron chi connectivity index (χ2n) is 9.65. The van der Waals surface area contributed by atoms with Gasteiger partial charge in [-0.3, -0.25) is 4.79 Å². The van der Waals surface area contributed by atoms with Gasteiger partial charge in [-0.25, -0.2) is 0 Å². The molecule has 0 spiro atoms. The Kier molecular flexibility index (Phi) is 7.71. The van der Waals surface area contributed by atoms with Crippen molar-refractivity contribution >= 4 is 11.0 Å². The van der Waals surface area contributed by atoms with Gasteiger partial charge < -0.3 is 64.2 Å². The van der Waals surface area contributed by atoms with Gasteiger partial charge in [-0.1, -0.05) is 0 Å². The second-order valence-corrected chi connectivity index (χ2v) is 9.65. The van der Waals surface area contributed by atoms with Crippen LogP contribution in [0.25, 0.3) is 22.3 Å². The first-order chi connectivity index (χ1) is 19.0. The van der Waals surface area contributed by atoms with Gasteiger partial charge in [-0.2, -0.15) is 0 Å². The number of phenols is 2. The van der Waals surface area contributed by atoms with Gasteiger partial charge in [-0.05, 0) is 24.3 Å². The molecule has 2 aliphatic heterocycles. The summed E-state index contributed by atoms with van der Waals surface area (Å²) in [5.41, 5.74) is -2.22. The average Bonchev–Trinajstić information content (AvgIpc) is 3.21. The number of benzene rings is 2. The summed E-state index contributed by atoms with van der Waals surface area (Å²) in [5.74, 6) is -0.496. The van der Waals surface area contributed by atoms with Crippen molar-refractivity contribution in [1.29, 1.82) is 0 Å². The van der Waals surface area contributed by atoms with Crippen LogP contribution in [-0.2, 0) is 14.2 Å². The van der Waals surface area contributed by atoms with E-state index in [9.17, 15) is 45.6 Å². The first kappa shape index (κ1) is 28.2. The lowest BCUT2D eigenvalue weighted by molar-refractivity contribution is -0.318. The molecule has 40 heavy (non-hydrogen) atoms. The molecular formula is C26H28O14. The van der Waals surface area contributed by atoms with Gasteiger partial charge in [0.05, 0.1) is 19.8 Å². The molecule has 2 saturated heterocycles. The van der Waals surface area contributed by atoms with Crippen molar-refractivity contribution in [3.63, 3.8) is 0 Å². The molecule has 0 radical (unpaired) electrons. The summed E-state index contributed by atoms with van der Waals surface area (Å²) in [6.45, 7) is -2.06. The molecule has 8 N–H and O–H groups in total. The molecule has 2 fully saturated rings. The molecule has 3 aromatic rings. The molecule has 0 bridgehead atoms. The molecule has 216 valence electrons. The maximum Gasteiger partial charge on any atom is 0.229 e. The predicted octanol–water partition coefficient (Wildman–Crippen LogP) is -1.49. The van der Waals surface area contributed by atoms with Crippen molar-refractivity contribution < 1.29 is 64.2 Å². The minimum Gasteiger partial charge on any atom is -0.508 e. The Labute approximate surface area is 225 Å². The van der Waals surface area contributed by atoms with Gasteiger partial charge in [0.1, 0.15) is 64.0 Å². The summed E-state index contributed by atoms with van der Waals surface area (Å²) < 4.78 is 28.0. The van der Waals surface area contributed by atoms with Crippen molar-refractivity contribution in [1.82, 2.24) is 0 Å². The highest BCUT2D eigenvalue weighted by atomic mass is 16.8. The lowest BCUT2D eigenvalue weighted by Crippen LogP contribution is -2.62. The molecule has 1 aromatic heterocycles. The molecule has 14 heteroatoms. The Balaban J connectivity index is 1.47. The first-order valence-corrected chi connectivity index (χ1v) is 12.2. The number of aromatic hydroxyl groups is 2. The van der Waals surface area contributed by atoms with Crippen LogP contribution in [0.15, 0.2) is 51.7 Å². The maximum absolute atomic E-state index is 12.8. The second kappa shape index (κ2) is 10.9. The highest BCUT2D eigenvalue weighted by Crippen LogP contribution is 2.35. The van der Waals surface area contributed by atoms with Crippen molar-refractivity contribution in [3.8, 4) is 28.6 Å². The molecule has 5 rings (SSSR count). The van der Waals surface area contributed by atoms with Gasteiger partial charge in [-0.15, -0.1) is 0 Å². The Bertz CT molecular complexity index is 1410. The number of aliphatic hydroxyl groups is 6. The summed E-state index contributed by atoms with van der Waals surface area (Å²) in [4.78, 5) is 12.8. The molecule has 2 aromatic carbocycles. The van der Waals surface area contributed by atoms with Crippen molar-refractivity contribution in [2.45, 2.75) is 48.7 Å². The zero-order chi connectivity index (χ0) is 28.8. The fraction of sp³-hybridized carbons (Fsp3) is 0.423. The third kappa shape index (κ3) is 5.12. The third-order valence-corrected chi connectivity index (χ3v) is 6.88. The lowest BCUT2D eigenvalue weighted by Gasteiger charge is -2.42. The SMILES string of the molecule is O=c1cc(-c2ccc(O)cc2)oc2cc(O[C@@H]3OC(CO)[C@H](O)C(O)C3O[C@@H]3OCC(O)(CO)C3O)cc(O)c12. The van der Waals surface area contributed by atoms with Crippen LogP contribution in [-0.4, -0.2) is 109 Å². The predicted molar refractivity (Wildman–Crippen MR) is 132 cm³/mol. The van der Waals surface area contributed by atoms with Gasteiger partial charge in [0.25, 0.3) is 0 Å². The summed E-state index contributed by atoms with van der Waals surface area (Å²) in [6, 6.07) is 9.37. The molecule has 14 nitrogen and oxygen atoms in total. The fourth-order valence-electron chi connectivity index (χ4n) is 4.57.